The molecule has 8 heteroatoms. The van der Waals surface area contributed by atoms with Gasteiger partial charge in [0.15, 0.2) is 0 Å². The van der Waals surface area contributed by atoms with Crippen LogP contribution in [0.2, 0.25) is 15.1 Å². The van der Waals surface area contributed by atoms with Crippen LogP contribution >= 0.6 is 34.8 Å². The smallest absolute Gasteiger partial charge is 0.226 e. The van der Waals surface area contributed by atoms with Gasteiger partial charge in [-0.2, -0.15) is 0 Å². The number of nitrogens with one attached hydrogen (secondary N) is 1. The Bertz CT molecular complexity index is 1270. The number of pyridine rings is 1. The number of ether oxygens (including phenoxy) is 2. The van der Waals surface area contributed by atoms with Crippen molar-refractivity contribution in [2.24, 2.45) is 5.92 Å². The van der Waals surface area contributed by atoms with Gasteiger partial charge in [0.2, 0.25) is 11.8 Å². The minimum Gasteiger partial charge on any atom is -0.471 e. The summed E-state index contributed by atoms with van der Waals surface area (Å²) in [6.07, 6.45) is 1.34. The summed E-state index contributed by atoms with van der Waals surface area (Å²) in [7, 11) is 0. The third kappa shape index (κ3) is 5.14. The summed E-state index contributed by atoms with van der Waals surface area (Å²) in [5.74, 6) is 0.335. The van der Waals surface area contributed by atoms with Crippen molar-refractivity contribution >= 4 is 40.7 Å². The zero-order chi connectivity index (χ0) is 24.7. The number of hydrogen-bond acceptors (Lipinski definition) is 4. The third-order valence-corrected chi connectivity index (χ3v) is 7.22. The first kappa shape index (κ1) is 24.4. The summed E-state index contributed by atoms with van der Waals surface area (Å²) in [4.78, 5) is 18.0. The van der Waals surface area contributed by atoms with E-state index in [1.165, 1.54) is 0 Å². The van der Waals surface area contributed by atoms with Crippen molar-refractivity contribution in [3.8, 4) is 28.3 Å². The zero-order valence-electron chi connectivity index (χ0n) is 19.4. The second-order valence-corrected chi connectivity index (χ2v) is 10.9. The molecule has 0 spiro atoms. The van der Waals surface area contributed by atoms with Crippen LogP contribution < -0.4 is 10.1 Å². The van der Waals surface area contributed by atoms with Crippen LogP contribution in [0.4, 0.5) is 0 Å². The molecular weight excluding hydrogens is 507 g/mol. The summed E-state index contributed by atoms with van der Waals surface area (Å²) in [6.45, 7) is 5.06. The number of fused-ring (bicyclic) bond motifs is 1. The summed E-state index contributed by atoms with van der Waals surface area (Å²) in [6, 6.07) is 14.7. The molecule has 5 nitrogen and oxygen atoms in total. The Morgan fingerprint density at radius 3 is 2.46 bits per heavy atom. The maximum atomic E-state index is 13.0. The predicted molar refractivity (Wildman–Crippen MR) is 139 cm³/mol. The van der Waals surface area contributed by atoms with Gasteiger partial charge >= 0.3 is 0 Å². The lowest BCUT2D eigenvalue weighted by atomic mass is 9.88. The van der Waals surface area contributed by atoms with E-state index < -0.39 is 5.60 Å². The fraction of sp³-hybridized carbons (Fsp3) is 0.333. The van der Waals surface area contributed by atoms with Crippen molar-refractivity contribution < 1.29 is 14.3 Å². The molecular formula is C27H25Cl3N2O3. The van der Waals surface area contributed by atoms with E-state index >= 15 is 0 Å². The molecule has 1 saturated heterocycles. The molecule has 2 aliphatic rings. The third-order valence-electron chi connectivity index (χ3n) is 6.42. The second kappa shape index (κ2) is 9.62. The maximum absolute atomic E-state index is 13.0. The Kier molecular flexibility index (Phi) is 6.71. The summed E-state index contributed by atoms with van der Waals surface area (Å²) in [5, 5.41) is 4.90. The molecule has 0 aliphatic carbocycles. The zero-order valence-corrected chi connectivity index (χ0v) is 21.7. The SMILES string of the molecule is CC1(C)C[C@@H](NC(=O)C2CCOC2)c2cc(-c3ccc(Cl)cc3)c(-c3ccc(Cl)cc3Cl)nc2O1. The van der Waals surface area contributed by atoms with Crippen LogP contribution in [-0.2, 0) is 9.53 Å². The highest BCUT2D eigenvalue weighted by Crippen LogP contribution is 2.45. The van der Waals surface area contributed by atoms with E-state index in [9.17, 15) is 4.79 Å². The van der Waals surface area contributed by atoms with Crippen molar-refractivity contribution in [1.82, 2.24) is 10.3 Å². The topological polar surface area (TPSA) is 60.5 Å². The number of nitrogens with zero attached hydrogens (tertiary/aromatic N) is 1. The van der Waals surface area contributed by atoms with Crippen LogP contribution in [-0.4, -0.2) is 29.7 Å². The van der Waals surface area contributed by atoms with Crippen molar-refractivity contribution in [2.75, 3.05) is 13.2 Å². The summed E-state index contributed by atoms with van der Waals surface area (Å²) < 4.78 is 11.7. The molecule has 5 rings (SSSR count). The Labute approximate surface area is 219 Å². The quantitative estimate of drug-likeness (QED) is 0.389. The number of amides is 1. The van der Waals surface area contributed by atoms with Gasteiger partial charge in [-0.1, -0.05) is 46.9 Å². The van der Waals surface area contributed by atoms with E-state index in [1.807, 2.05) is 50.2 Å². The molecule has 3 aromatic rings. The van der Waals surface area contributed by atoms with Crippen LogP contribution in [0.3, 0.4) is 0 Å². The first-order chi connectivity index (χ1) is 16.7. The van der Waals surface area contributed by atoms with E-state index in [1.54, 1.807) is 12.1 Å². The lowest BCUT2D eigenvalue weighted by molar-refractivity contribution is -0.126. The minimum atomic E-state index is -0.521. The van der Waals surface area contributed by atoms with Gasteiger partial charge in [0, 0.05) is 39.8 Å². The standard InChI is InChI=1S/C27H25Cl3N2O3/c1-27(2)13-23(31-25(33)16-9-10-34-14-16)21-12-20(15-3-5-17(28)6-4-15)24(32-26(21)35-27)19-8-7-18(29)11-22(19)30/h3-8,11-12,16,23H,9-10,13-14H2,1-2H3,(H,31,33)/t16?,23-/m1/s1. The number of benzene rings is 2. The number of carbonyl (C=O) groups is 1. The van der Waals surface area contributed by atoms with Crippen LogP contribution in [0.25, 0.3) is 22.4 Å². The van der Waals surface area contributed by atoms with Crippen LogP contribution in [0.1, 0.15) is 38.3 Å². The normalized spacial score (nSPS) is 20.7. The fourth-order valence-electron chi connectivity index (χ4n) is 4.64. The molecule has 1 amide bonds. The van der Waals surface area contributed by atoms with Crippen LogP contribution in [0.5, 0.6) is 5.88 Å². The molecule has 2 aliphatic heterocycles. The maximum Gasteiger partial charge on any atom is 0.226 e. The molecule has 0 saturated carbocycles. The van der Waals surface area contributed by atoms with E-state index in [2.05, 4.69) is 5.32 Å². The predicted octanol–water partition coefficient (Wildman–Crippen LogP) is 7.13. The van der Waals surface area contributed by atoms with Gasteiger partial charge in [-0.05, 0) is 62.2 Å². The molecule has 2 atom stereocenters. The van der Waals surface area contributed by atoms with Gasteiger partial charge in [0.05, 0.1) is 29.3 Å². The van der Waals surface area contributed by atoms with Crippen molar-refractivity contribution in [3.05, 3.63) is 69.2 Å². The lowest BCUT2D eigenvalue weighted by Crippen LogP contribution is -2.43. The molecule has 1 N–H and O–H groups in total. The minimum absolute atomic E-state index is 0.00554. The second-order valence-electron chi connectivity index (χ2n) is 9.60. The molecule has 182 valence electrons. The van der Waals surface area contributed by atoms with Gasteiger partial charge in [0.25, 0.3) is 0 Å². The van der Waals surface area contributed by atoms with Crippen molar-refractivity contribution in [1.29, 1.82) is 0 Å². The number of rotatable bonds is 4. The molecule has 1 aromatic heterocycles. The molecule has 35 heavy (non-hydrogen) atoms. The molecule has 0 radical (unpaired) electrons. The van der Waals surface area contributed by atoms with Gasteiger partial charge in [-0.3, -0.25) is 4.79 Å². The molecule has 2 aromatic carbocycles. The average molecular weight is 532 g/mol. The number of carbonyl (C=O) groups excluding carboxylic acids is 1. The average Bonchev–Trinajstić information content (AvgIpc) is 3.34. The monoisotopic (exact) mass is 530 g/mol. The van der Waals surface area contributed by atoms with E-state index in [0.717, 1.165) is 28.7 Å². The van der Waals surface area contributed by atoms with Crippen LogP contribution in [0, 0.1) is 5.92 Å². The Hall–Kier alpha value is -2.31. The highest BCUT2D eigenvalue weighted by molar-refractivity contribution is 6.36. The molecule has 0 bridgehead atoms. The van der Waals surface area contributed by atoms with Gasteiger partial charge in [0.1, 0.15) is 5.60 Å². The Balaban J connectivity index is 1.65. The van der Waals surface area contributed by atoms with Crippen molar-refractivity contribution in [2.45, 2.75) is 38.3 Å². The summed E-state index contributed by atoms with van der Waals surface area (Å²) >= 11 is 18.9. The highest BCUT2D eigenvalue weighted by atomic mass is 35.5. The van der Waals surface area contributed by atoms with E-state index in [0.29, 0.717) is 46.3 Å². The fourth-order valence-corrected chi connectivity index (χ4v) is 5.27. The molecule has 1 fully saturated rings. The van der Waals surface area contributed by atoms with Crippen LogP contribution in [0.15, 0.2) is 48.5 Å². The van der Waals surface area contributed by atoms with Gasteiger partial charge < -0.3 is 14.8 Å². The summed E-state index contributed by atoms with van der Waals surface area (Å²) in [5.41, 5.74) is 3.49. The largest absolute Gasteiger partial charge is 0.471 e. The first-order valence-corrected chi connectivity index (χ1v) is 12.7. The van der Waals surface area contributed by atoms with E-state index in [4.69, 9.17) is 49.3 Å². The Morgan fingerprint density at radius 2 is 1.77 bits per heavy atom. The highest BCUT2D eigenvalue weighted by Gasteiger charge is 2.38. The van der Waals surface area contributed by atoms with E-state index in [-0.39, 0.29) is 17.9 Å². The van der Waals surface area contributed by atoms with Gasteiger partial charge in [-0.25, -0.2) is 4.98 Å². The lowest BCUT2D eigenvalue weighted by Gasteiger charge is -2.38. The number of aromatic nitrogens is 1. The molecule has 1 unspecified atom stereocenters. The molecule has 3 heterocycles. The first-order valence-electron chi connectivity index (χ1n) is 11.5. The number of halogens is 3. The number of hydrogen-bond donors (Lipinski definition) is 1. The van der Waals surface area contributed by atoms with Crippen molar-refractivity contribution in [3.63, 3.8) is 0 Å². The van der Waals surface area contributed by atoms with Gasteiger partial charge in [-0.15, -0.1) is 0 Å². The Morgan fingerprint density at radius 1 is 1.03 bits per heavy atom.